The van der Waals surface area contributed by atoms with Crippen molar-refractivity contribution in [2.24, 2.45) is 0 Å². The molecule has 0 saturated heterocycles. The highest BCUT2D eigenvalue weighted by atomic mass is 16.5. The molecule has 0 fully saturated rings. The zero-order valence-corrected chi connectivity index (χ0v) is 10.8. The summed E-state index contributed by atoms with van der Waals surface area (Å²) in [6.45, 7) is 1.65. The first-order chi connectivity index (χ1) is 9.29. The summed E-state index contributed by atoms with van der Waals surface area (Å²) in [5.74, 6) is -0.285. The number of methoxy groups -OCH3 is 1. The summed E-state index contributed by atoms with van der Waals surface area (Å²) < 4.78 is 4.83. The Morgan fingerprint density at radius 3 is 2.68 bits per heavy atom. The minimum absolute atomic E-state index is 0.285. The zero-order valence-electron chi connectivity index (χ0n) is 10.8. The topological polar surface area (TPSA) is 38.3 Å². The summed E-state index contributed by atoms with van der Waals surface area (Å²) in [6.07, 6.45) is 0. The van der Waals surface area contributed by atoms with Crippen LogP contribution >= 0.6 is 0 Å². The maximum atomic E-state index is 11.8. The van der Waals surface area contributed by atoms with E-state index in [-0.39, 0.29) is 5.97 Å². The number of hydrogen-bond donors (Lipinski definition) is 1. The van der Waals surface area contributed by atoms with Crippen molar-refractivity contribution in [1.82, 2.24) is 5.32 Å². The monoisotopic (exact) mass is 253 g/mol. The number of benzene rings is 2. The van der Waals surface area contributed by atoms with E-state index in [2.05, 4.69) is 17.4 Å². The Morgan fingerprint density at radius 2 is 1.95 bits per heavy atom. The Morgan fingerprint density at radius 1 is 1.16 bits per heavy atom. The highest BCUT2D eigenvalue weighted by Crippen LogP contribution is 2.30. The van der Waals surface area contributed by atoms with Crippen LogP contribution in [0.1, 0.15) is 21.5 Å². The molecule has 0 aromatic heterocycles. The zero-order chi connectivity index (χ0) is 13.2. The molecule has 0 radical (unpaired) electrons. The number of carbonyl (C=O) groups is 1. The molecule has 3 rings (SSSR count). The van der Waals surface area contributed by atoms with Gasteiger partial charge in [-0.25, -0.2) is 4.79 Å². The third-order valence-electron chi connectivity index (χ3n) is 3.47. The Balaban J connectivity index is 2.18. The molecule has 0 bridgehead atoms. The van der Waals surface area contributed by atoms with E-state index >= 15 is 0 Å². The average molecular weight is 253 g/mol. The van der Waals surface area contributed by atoms with Gasteiger partial charge in [0.15, 0.2) is 0 Å². The third-order valence-corrected chi connectivity index (χ3v) is 3.47. The van der Waals surface area contributed by atoms with Crippen molar-refractivity contribution in [2.75, 3.05) is 7.11 Å². The van der Waals surface area contributed by atoms with E-state index in [1.54, 1.807) is 0 Å². The Kier molecular flexibility index (Phi) is 3.05. The number of carbonyl (C=O) groups excluding carboxylic acids is 1. The third kappa shape index (κ3) is 2.13. The second kappa shape index (κ2) is 4.86. The number of fused-ring (bicyclic) bond motifs is 1. The molecular weight excluding hydrogens is 238 g/mol. The minimum Gasteiger partial charge on any atom is -0.465 e. The van der Waals surface area contributed by atoms with Gasteiger partial charge in [0.1, 0.15) is 0 Å². The molecule has 0 amide bonds. The molecule has 19 heavy (non-hydrogen) atoms. The average Bonchev–Trinajstić information content (AvgIpc) is 2.94. The first-order valence-electron chi connectivity index (χ1n) is 6.30. The van der Waals surface area contributed by atoms with Crippen LogP contribution < -0.4 is 5.32 Å². The highest BCUT2D eigenvalue weighted by Gasteiger charge is 2.19. The van der Waals surface area contributed by atoms with Crippen LogP contribution in [0.25, 0.3) is 11.1 Å². The Labute approximate surface area is 112 Å². The summed E-state index contributed by atoms with van der Waals surface area (Å²) in [4.78, 5) is 11.8. The summed E-state index contributed by atoms with van der Waals surface area (Å²) in [6, 6.07) is 14.0. The van der Waals surface area contributed by atoms with Gasteiger partial charge < -0.3 is 10.1 Å². The molecule has 3 heteroatoms. The quantitative estimate of drug-likeness (QED) is 0.836. The molecule has 1 heterocycles. The van der Waals surface area contributed by atoms with Gasteiger partial charge in [-0.15, -0.1) is 0 Å². The normalized spacial score (nSPS) is 13.1. The van der Waals surface area contributed by atoms with E-state index in [1.807, 2.05) is 30.3 Å². The molecular formula is C16H15NO2. The molecule has 0 unspecified atom stereocenters. The van der Waals surface area contributed by atoms with Crippen LogP contribution in [0.3, 0.4) is 0 Å². The van der Waals surface area contributed by atoms with Crippen molar-refractivity contribution in [3.8, 4) is 11.1 Å². The van der Waals surface area contributed by atoms with Gasteiger partial charge in [0, 0.05) is 13.1 Å². The summed E-state index contributed by atoms with van der Waals surface area (Å²) in [5, 5.41) is 3.33. The lowest BCUT2D eigenvalue weighted by Crippen LogP contribution is -2.03. The second-order valence-corrected chi connectivity index (χ2v) is 4.62. The molecule has 0 spiro atoms. The Hall–Kier alpha value is -2.13. The van der Waals surface area contributed by atoms with Crippen molar-refractivity contribution in [2.45, 2.75) is 13.1 Å². The molecule has 0 saturated carbocycles. The van der Waals surface area contributed by atoms with Gasteiger partial charge >= 0.3 is 5.97 Å². The van der Waals surface area contributed by atoms with Crippen molar-refractivity contribution < 1.29 is 9.53 Å². The van der Waals surface area contributed by atoms with Gasteiger partial charge in [-0.1, -0.05) is 30.3 Å². The smallest absolute Gasteiger partial charge is 0.337 e. The molecule has 0 aliphatic carbocycles. The van der Waals surface area contributed by atoms with E-state index in [0.29, 0.717) is 5.56 Å². The molecule has 96 valence electrons. The molecule has 0 atom stereocenters. The van der Waals surface area contributed by atoms with E-state index in [4.69, 9.17) is 4.74 Å². The Bertz CT molecular complexity index is 620. The van der Waals surface area contributed by atoms with Gasteiger partial charge in [0.2, 0.25) is 0 Å². The van der Waals surface area contributed by atoms with Crippen LogP contribution in [0.4, 0.5) is 0 Å². The fraction of sp³-hybridized carbons (Fsp3) is 0.188. The second-order valence-electron chi connectivity index (χ2n) is 4.62. The maximum Gasteiger partial charge on any atom is 0.337 e. The van der Waals surface area contributed by atoms with Gasteiger partial charge in [0.05, 0.1) is 12.7 Å². The molecule has 1 aliphatic rings. The molecule has 1 N–H and O–H groups in total. The number of hydrogen-bond acceptors (Lipinski definition) is 3. The van der Waals surface area contributed by atoms with Gasteiger partial charge in [-0.2, -0.15) is 0 Å². The van der Waals surface area contributed by atoms with E-state index < -0.39 is 0 Å². The van der Waals surface area contributed by atoms with Crippen LogP contribution in [0.2, 0.25) is 0 Å². The molecule has 2 aromatic rings. The van der Waals surface area contributed by atoms with Crippen LogP contribution in [0.5, 0.6) is 0 Å². The number of ether oxygens (including phenoxy) is 1. The predicted molar refractivity (Wildman–Crippen MR) is 73.8 cm³/mol. The van der Waals surface area contributed by atoms with Crippen LogP contribution in [-0.4, -0.2) is 13.1 Å². The summed E-state index contributed by atoms with van der Waals surface area (Å²) in [5.41, 5.74) is 5.32. The largest absolute Gasteiger partial charge is 0.465 e. The summed E-state index contributed by atoms with van der Waals surface area (Å²) >= 11 is 0. The van der Waals surface area contributed by atoms with Crippen LogP contribution in [0, 0.1) is 0 Å². The fourth-order valence-electron chi connectivity index (χ4n) is 2.53. The van der Waals surface area contributed by atoms with Crippen molar-refractivity contribution >= 4 is 5.97 Å². The summed E-state index contributed by atoms with van der Waals surface area (Å²) in [7, 11) is 1.41. The van der Waals surface area contributed by atoms with Crippen LogP contribution in [0.15, 0.2) is 42.5 Å². The van der Waals surface area contributed by atoms with Crippen molar-refractivity contribution in [1.29, 1.82) is 0 Å². The highest BCUT2D eigenvalue weighted by molar-refractivity contribution is 5.92. The van der Waals surface area contributed by atoms with Crippen molar-refractivity contribution in [3.63, 3.8) is 0 Å². The first kappa shape index (κ1) is 11.9. The fourth-order valence-corrected chi connectivity index (χ4v) is 2.53. The SMILES string of the molecule is COC(=O)c1cc2c(c(-c3ccccc3)c1)CNC2. The lowest BCUT2D eigenvalue weighted by Gasteiger charge is -2.10. The first-order valence-corrected chi connectivity index (χ1v) is 6.30. The number of rotatable bonds is 2. The lowest BCUT2D eigenvalue weighted by molar-refractivity contribution is 0.0600. The lowest BCUT2D eigenvalue weighted by atomic mass is 9.94. The van der Waals surface area contributed by atoms with E-state index in [1.165, 1.54) is 18.2 Å². The van der Waals surface area contributed by atoms with Gasteiger partial charge in [0.25, 0.3) is 0 Å². The molecule has 2 aromatic carbocycles. The standard InChI is InChI=1S/C16H15NO2/c1-19-16(18)12-7-13-9-17-10-15(13)14(8-12)11-5-3-2-4-6-11/h2-8,17H,9-10H2,1H3. The molecule has 1 aliphatic heterocycles. The van der Waals surface area contributed by atoms with Crippen LogP contribution in [-0.2, 0) is 17.8 Å². The van der Waals surface area contributed by atoms with Crippen molar-refractivity contribution in [3.05, 3.63) is 59.2 Å². The number of esters is 1. The molecule has 3 nitrogen and oxygen atoms in total. The van der Waals surface area contributed by atoms with E-state index in [9.17, 15) is 4.79 Å². The van der Waals surface area contributed by atoms with Gasteiger partial charge in [-0.05, 0) is 34.4 Å². The van der Waals surface area contributed by atoms with Gasteiger partial charge in [-0.3, -0.25) is 0 Å². The maximum absolute atomic E-state index is 11.8. The van der Waals surface area contributed by atoms with E-state index in [0.717, 1.165) is 24.2 Å². The minimum atomic E-state index is -0.285. The number of nitrogens with one attached hydrogen (secondary N) is 1. The predicted octanol–water partition coefficient (Wildman–Crippen LogP) is 2.74.